The van der Waals surface area contributed by atoms with E-state index in [0.717, 1.165) is 120 Å². The first-order valence-corrected chi connectivity index (χ1v) is 39.7. The van der Waals surface area contributed by atoms with Gasteiger partial charge in [0.05, 0.1) is 26.4 Å². The molecule has 3 N–H and O–H groups in total. The summed E-state index contributed by atoms with van der Waals surface area (Å²) >= 11 is 0. The molecule has 0 aliphatic rings. The molecule has 0 spiro atoms. The van der Waals surface area contributed by atoms with E-state index in [1.807, 2.05) is 0 Å². The highest BCUT2D eigenvalue weighted by Gasteiger charge is 2.30. The van der Waals surface area contributed by atoms with Crippen molar-refractivity contribution >= 4 is 39.5 Å². The number of hydrogen-bond acceptors (Lipinski definition) is 15. The van der Waals surface area contributed by atoms with Crippen LogP contribution in [0.2, 0.25) is 0 Å². The van der Waals surface area contributed by atoms with Crippen LogP contribution in [0.15, 0.2) is 0 Å². The van der Waals surface area contributed by atoms with Gasteiger partial charge in [-0.3, -0.25) is 37.3 Å². The summed E-state index contributed by atoms with van der Waals surface area (Å²) in [5.41, 5.74) is 0. The number of esters is 4. The number of phosphoric ester groups is 2. The van der Waals surface area contributed by atoms with E-state index in [4.69, 9.17) is 37.0 Å². The van der Waals surface area contributed by atoms with Crippen LogP contribution in [0.5, 0.6) is 0 Å². The van der Waals surface area contributed by atoms with Gasteiger partial charge in [-0.1, -0.05) is 299 Å². The van der Waals surface area contributed by atoms with Crippen molar-refractivity contribution in [3.05, 3.63) is 0 Å². The Morgan fingerprint density at radius 2 is 0.533 bits per heavy atom. The number of aliphatic hydroxyl groups is 1. The van der Waals surface area contributed by atoms with Crippen LogP contribution >= 0.6 is 15.6 Å². The summed E-state index contributed by atoms with van der Waals surface area (Å²) in [4.78, 5) is 72.6. The number of unbranched alkanes of at least 4 members (excludes halogenated alkanes) is 33. The van der Waals surface area contributed by atoms with Crippen molar-refractivity contribution < 1.29 is 80.2 Å². The van der Waals surface area contributed by atoms with E-state index in [1.165, 1.54) is 148 Å². The third kappa shape index (κ3) is 63.5. The highest BCUT2D eigenvalue weighted by atomic mass is 31.2. The molecular formula is C71H138O17P2. The minimum Gasteiger partial charge on any atom is -0.462 e. The van der Waals surface area contributed by atoms with Crippen LogP contribution < -0.4 is 0 Å². The Hall–Kier alpha value is -1.94. The zero-order chi connectivity index (χ0) is 66.8. The molecule has 0 aromatic heterocycles. The van der Waals surface area contributed by atoms with Gasteiger partial charge in [-0.2, -0.15) is 0 Å². The molecule has 0 fully saturated rings. The van der Waals surface area contributed by atoms with E-state index in [2.05, 4.69) is 55.4 Å². The van der Waals surface area contributed by atoms with E-state index in [1.54, 1.807) is 0 Å². The maximum Gasteiger partial charge on any atom is 0.472 e. The van der Waals surface area contributed by atoms with Gasteiger partial charge in [-0.25, -0.2) is 9.13 Å². The maximum absolute atomic E-state index is 13.0. The topological polar surface area (TPSA) is 237 Å². The standard InChI is InChI=1S/C71H138O17P2/c1-9-64(8)50-42-34-29-30-36-44-52-69(74)82-58-67(87-70(75)53-45-37-27-20-14-12-10-11-13-17-23-31-39-47-61(2)3)60-86-90(79,80)84-56-65(72)55-83-89(77,78)85-59-66(88-71(76)54-46-38-28-22-21-25-33-41-49-63(6)7)57-81-68(73)51-43-35-26-19-16-15-18-24-32-40-48-62(4)5/h61-67,72H,9-60H2,1-8H3,(H,77,78)(H,79,80)/t64?,65-,66-,67-/m1/s1. The Bertz CT molecular complexity index is 1780. The lowest BCUT2D eigenvalue weighted by Crippen LogP contribution is -2.30. The molecule has 534 valence electrons. The number of rotatable bonds is 68. The summed E-state index contributed by atoms with van der Waals surface area (Å²) in [6, 6.07) is 0. The largest absolute Gasteiger partial charge is 0.472 e. The number of carbonyl (C=O) groups is 4. The molecule has 0 heterocycles. The highest BCUT2D eigenvalue weighted by molar-refractivity contribution is 7.47. The quantitative estimate of drug-likeness (QED) is 0.0222. The van der Waals surface area contributed by atoms with Gasteiger partial charge < -0.3 is 33.8 Å². The normalized spacial score (nSPS) is 14.6. The lowest BCUT2D eigenvalue weighted by atomic mass is 10.00. The van der Waals surface area contributed by atoms with Crippen molar-refractivity contribution in [1.82, 2.24) is 0 Å². The molecule has 0 saturated heterocycles. The fourth-order valence-electron chi connectivity index (χ4n) is 10.6. The molecular weight excluding hydrogens is 1190 g/mol. The van der Waals surface area contributed by atoms with Crippen molar-refractivity contribution in [2.24, 2.45) is 23.7 Å². The van der Waals surface area contributed by atoms with Crippen LogP contribution in [0.3, 0.4) is 0 Å². The monoisotopic (exact) mass is 1320 g/mol. The second kappa shape index (κ2) is 60.7. The molecule has 0 amide bonds. The number of phosphoric acid groups is 2. The number of hydrogen-bond donors (Lipinski definition) is 3. The van der Waals surface area contributed by atoms with E-state index in [9.17, 15) is 43.2 Å². The van der Waals surface area contributed by atoms with Crippen LogP contribution in [-0.2, 0) is 65.4 Å². The lowest BCUT2D eigenvalue weighted by molar-refractivity contribution is -0.161. The average molecular weight is 1330 g/mol. The molecule has 19 heteroatoms. The second-order valence-electron chi connectivity index (χ2n) is 27.3. The molecule has 0 bridgehead atoms. The van der Waals surface area contributed by atoms with E-state index in [-0.39, 0.29) is 25.7 Å². The zero-order valence-electron chi connectivity index (χ0n) is 58.8. The predicted molar refractivity (Wildman–Crippen MR) is 363 cm³/mol. The highest BCUT2D eigenvalue weighted by Crippen LogP contribution is 2.45. The van der Waals surface area contributed by atoms with Gasteiger partial charge in [0.1, 0.15) is 19.3 Å². The Labute approximate surface area is 549 Å². The molecule has 0 aromatic rings. The van der Waals surface area contributed by atoms with Gasteiger partial charge in [0.15, 0.2) is 12.2 Å². The molecule has 0 aliphatic heterocycles. The molecule has 0 saturated carbocycles. The molecule has 90 heavy (non-hydrogen) atoms. The van der Waals surface area contributed by atoms with Gasteiger partial charge in [0, 0.05) is 25.7 Å². The summed E-state index contributed by atoms with van der Waals surface area (Å²) < 4.78 is 68.3. The predicted octanol–water partition coefficient (Wildman–Crippen LogP) is 20.1. The smallest absolute Gasteiger partial charge is 0.462 e. The molecule has 17 nitrogen and oxygen atoms in total. The summed E-state index contributed by atoms with van der Waals surface area (Å²) in [6.07, 6.45) is 43.1. The molecule has 6 atom stereocenters. The Balaban J connectivity index is 5.24. The third-order valence-electron chi connectivity index (χ3n) is 16.7. The van der Waals surface area contributed by atoms with E-state index < -0.39 is 97.5 Å². The fourth-order valence-corrected chi connectivity index (χ4v) is 12.2. The molecule has 0 radical (unpaired) electrons. The SMILES string of the molecule is CCC(C)CCCCCCCCC(=O)OC[C@H](COP(=O)(O)OC[C@H](O)COP(=O)(O)OC[C@@H](COC(=O)CCCCCCCCCCCCC(C)C)OC(=O)CCCCCCCCCCC(C)C)OC(=O)CCCCCCCCCCCCCCCC(C)C. The average Bonchev–Trinajstić information content (AvgIpc) is 3.21. The van der Waals surface area contributed by atoms with Crippen molar-refractivity contribution in [1.29, 1.82) is 0 Å². The van der Waals surface area contributed by atoms with Crippen LogP contribution in [-0.4, -0.2) is 96.7 Å². The first kappa shape index (κ1) is 88.1. The number of carbonyl (C=O) groups excluding carboxylic acids is 4. The summed E-state index contributed by atoms with van der Waals surface area (Å²) in [5.74, 6) is 0.864. The van der Waals surface area contributed by atoms with Crippen molar-refractivity contribution in [2.75, 3.05) is 39.6 Å². The first-order chi connectivity index (χ1) is 43.1. The van der Waals surface area contributed by atoms with Crippen molar-refractivity contribution in [3.8, 4) is 0 Å². The number of ether oxygens (including phenoxy) is 4. The number of aliphatic hydroxyl groups excluding tert-OH is 1. The van der Waals surface area contributed by atoms with Crippen LogP contribution in [0.4, 0.5) is 0 Å². The van der Waals surface area contributed by atoms with Gasteiger partial charge >= 0.3 is 39.5 Å². The molecule has 0 aromatic carbocycles. The Morgan fingerprint density at radius 1 is 0.311 bits per heavy atom. The van der Waals surface area contributed by atoms with Crippen LogP contribution in [0.25, 0.3) is 0 Å². The maximum atomic E-state index is 13.0. The van der Waals surface area contributed by atoms with Gasteiger partial charge in [-0.15, -0.1) is 0 Å². The molecule has 0 aliphatic carbocycles. The van der Waals surface area contributed by atoms with Gasteiger partial charge in [-0.05, 0) is 49.4 Å². The molecule has 0 rings (SSSR count). The summed E-state index contributed by atoms with van der Waals surface area (Å²) in [7, 11) is -9.90. The first-order valence-electron chi connectivity index (χ1n) is 36.7. The van der Waals surface area contributed by atoms with Gasteiger partial charge in [0.25, 0.3) is 0 Å². The van der Waals surface area contributed by atoms with Crippen molar-refractivity contribution in [2.45, 2.75) is 369 Å². The van der Waals surface area contributed by atoms with E-state index >= 15 is 0 Å². The van der Waals surface area contributed by atoms with E-state index in [0.29, 0.717) is 25.7 Å². The minimum absolute atomic E-state index is 0.104. The zero-order valence-corrected chi connectivity index (χ0v) is 60.6. The fraction of sp³-hybridized carbons (Fsp3) is 0.944. The van der Waals surface area contributed by atoms with Crippen LogP contribution in [0, 0.1) is 23.7 Å². The minimum atomic E-state index is -4.95. The van der Waals surface area contributed by atoms with Gasteiger partial charge in [0.2, 0.25) is 0 Å². The summed E-state index contributed by atoms with van der Waals surface area (Å²) in [6.45, 7) is 14.1. The molecule has 3 unspecified atom stereocenters. The summed E-state index contributed by atoms with van der Waals surface area (Å²) in [5, 5.41) is 10.6. The second-order valence-corrected chi connectivity index (χ2v) is 30.2. The van der Waals surface area contributed by atoms with Crippen LogP contribution in [0.1, 0.15) is 351 Å². The third-order valence-corrected chi connectivity index (χ3v) is 18.6. The Morgan fingerprint density at radius 3 is 0.789 bits per heavy atom. The lowest BCUT2D eigenvalue weighted by Gasteiger charge is -2.21. The Kier molecular flexibility index (Phi) is 59.4. The van der Waals surface area contributed by atoms with Crippen molar-refractivity contribution in [3.63, 3.8) is 0 Å².